The number of nitrogens with zero attached hydrogens (tertiary/aromatic N) is 2. The molecule has 1 amide bonds. The molecule has 2 N–H and O–H groups in total. The minimum atomic E-state index is -3.76. The number of rotatable bonds is 5. The van der Waals surface area contributed by atoms with E-state index in [0.717, 1.165) is 11.4 Å². The van der Waals surface area contributed by atoms with Gasteiger partial charge >= 0.3 is 0 Å². The van der Waals surface area contributed by atoms with Crippen LogP contribution < -0.4 is 10.0 Å². The van der Waals surface area contributed by atoms with Crippen LogP contribution >= 0.6 is 0 Å². The van der Waals surface area contributed by atoms with Gasteiger partial charge in [-0.05, 0) is 71.4 Å². The van der Waals surface area contributed by atoms with E-state index in [2.05, 4.69) is 15.1 Å². The molecule has 8 heteroatoms. The molecule has 0 aliphatic rings. The maximum Gasteiger partial charge on any atom is 0.256 e. The van der Waals surface area contributed by atoms with Gasteiger partial charge in [0, 0.05) is 11.1 Å². The molecule has 1 aromatic heterocycles. The zero-order chi connectivity index (χ0) is 23.0. The lowest BCUT2D eigenvalue weighted by atomic mass is 10.1. The van der Waals surface area contributed by atoms with Gasteiger partial charge in [0.25, 0.3) is 5.91 Å². The second-order valence-corrected chi connectivity index (χ2v) is 10.3. The minimum Gasteiger partial charge on any atom is -0.319 e. The molecule has 0 fully saturated rings. The number of sulfonamides is 1. The zero-order valence-corrected chi connectivity index (χ0v) is 19.5. The SMILES string of the molecule is Cc1ccc(S(=O)(=O)NC(C)(C)C)cc1C(=O)Nc1c(C)nn(-c2ccccc2)c1C. The Morgan fingerprint density at radius 3 is 2.26 bits per heavy atom. The monoisotopic (exact) mass is 440 g/mol. The Hall–Kier alpha value is -2.97. The summed E-state index contributed by atoms with van der Waals surface area (Å²) in [7, 11) is -3.76. The molecule has 1 heterocycles. The molecule has 3 aromatic rings. The van der Waals surface area contributed by atoms with Crippen molar-refractivity contribution in [2.24, 2.45) is 0 Å². The number of hydrogen-bond acceptors (Lipinski definition) is 4. The van der Waals surface area contributed by atoms with Gasteiger partial charge in [-0.1, -0.05) is 24.3 Å². The lowest BCUT2D eigenvalue weighted by Crippen LogP contribution is -2.40. The number of para-hydroxylation sites is 1. The van der Waals surface area contributed by atoms with Crippen molar-refractivity contribution < 1.29 is 13.2 Å². The fraction of sp³-hybridized carbons (Fsp3) is 0.304. The third-order valence-corrected chi connectivity index (χ3v) is 6.49. The molecule has 0 radical (unpaired) electrons. The van der Waals surface area contributed by atoms with Crippen LogP contribution in [0.15, 0.2) is 53.4 Å². The first-order valence-electron chi connectivity index (χ1n) is 9.97. The van der Waals surface area contributed by atoms with E-state index in [4.69, 9.17) is 0 Å². The molecular formula is C23H28N4O3S. The summed E-state index contributed by atoms with van der Waals surface area (Å²) < 4.78 is 29.8. The van der Waals surface area contributed by atoms with Crippen molar-refractivity contribution in [3.63, 3.8) is 0 Å². The predicted molar refractivity (Wildman–Crippen MR) is 122 cm³/mol. The van der Waals surface area contributed by atoms with Crippen LogP contribution in [-0.2, 0) is 10.0 Å². The molecule has 7 nitrogen and oxygen atoms in total. The number of aryl methyl sites for hydroxylation is 2. The van der Waals surface area contributed by atoms with Crippen LogP contribution in [0.4, 0.5) is 5.69 Å². The Labute approximate surface area is 183 Å². The van der Waals surface area contributed by atoms with E-state index in [0.29, 0.717) is 22.5 Å². The van der Waals surface area contributed by atoms with Crippen molar-refractivity contribution in [1.82, 2.24) is 14.5 Å². The number of hydrogen-bond donors (Lipinski definition) is 2. The molecule has 0 saturated heterocycles. The highest BCUT2D eigenvalue weighted by Crippen LogP contribution is 2.25. The van der Waals surface area contributed by atoms with Crippen LogP contribution in [0.1, 0.15) is 48.1 Å². The Balaban J connectivity index is 1.94. The van der Waals surface area contributed by atoms with Gasteiger partial charge in [0.15, 0.2) is 0 Å². The zero-order valence-electron chi connectivity index (χ0n) is 18.6. The fourth-order valence-corrected chi connectivity index (χ4v) is 4.74. The summed E-state index contributed by atoms with van der Waals surface area (Å²) in [6.07, 6.45) is 0. The van der Waals surface area contributed by atoms with E-state index in [1.807, 2.05) is 44.2 Å². The summed E-state index contributed by atoms with van der Waals surface area (Å²) in [6, 6.07) is 14.2. The summed E-state index contributed by atoms with van der Waals surface area (Å²) in [6.45, 7) is 10.8. The molecule has 0 saturated carbocycles. The standard InChI is InChI=1S/C23H28N4O3S/c1-15-12-13-19(31(29,30)26-23(4,5)6)14-20(15)22(28)24-21-16(2)25-27(17(21)3)18-10-8-7-9-11-18/h7-14,26H,1-6H3,(H,24,28). The van der Waals surface area contributed by atoms with Crippen LogP contribution in [0.2, 0.25) is 0 Å². The van der Waals surface area contributed by atoms with Gasteiger partial charge in [0.2, 0.25) is 10.0 Å². The molecule has 31 heavy (non-hydrogen) atoms. The van der Waals surface area contributed by atoms with Crippen molar-refractivity contribution >= 4 is 21.6 Å². The van der Waals surface area contributed by atoms with Crippen LogP contribution in [0, 0.1) is 20.8 Å². The molecule has 2 aromatic carbocycles. The summed E-state index contributed by atoms with van der Waals surface area (Å²) >= 11 is 0. The van der Waals surface area contributed by atoms with Crippen molar-refractivity contribution in [3.05, 3.63) is 71.0 Å². The Morgan fingerprint density at radius 1 is 1.00 bits per heavy atom. The number of anilines is 1. The normalized spacial score (nSPS) is 12.1. The number of aromatic nitrogens is 2. The largest absolute Gasteiger partial charge is 0.319 e. The van der Waals surface area contributed by atoms with Crippen molar-refractivity contribution in [3.8, 4) is 5.69 Å². The first kappa shape index (κ1) is 22.7. The third-order valence-electron chi connectivity index (χ3n) is 4.74. The van der Waals surface area contributed by atoms with Gasteiger partial charge in [-0.3, -0.25) is 4.79 Å². The quantitative estimate of drug-likeness (QED) is 0.624. The molecule has 164 valence electrons. The lowest BCUT2D eigenvalue weighted by Gasteiger charge is -2.20. The molecule has 0 unspecified atom stereocenters. The topological polar surface area (TPSA) is 93.1 Å². The predicted octanol–water partition coefficient (Wildman–Crippen LogP) is 4.13. The molecule has 0 bridgehead atoms. The summed E-state index contributed by atoms with van der Waals surface area (Å²) in [5, 5.41) is 7.46. The maximum absolute atomic E-state index is 13.1. The molecular weight excluding hydrogens is 412 g/mol. The molecule has 0 spiro atoms. The molecule has 0 aliphatic carbocycles. The van der Waals surface area contributed by atoms with E-state index in [1.165, 1.54) is 12.1 Å². The lowest BCUT2D eigenvalue weighted by molar-refractivity contribution is 0.102. The summed E-state index contributed by atoms with van der Waals surface area (Å²) in [5.41, 5.74) is 3.29. The molecule has 3 rings (SSSR count). The number of amides is 1. The van der Waals surface area contributed by atoms with Crippen molar-refractivity contribution in [2.75, 3.05) is 5.32 Å². The van der Waals surface area contributed by atoms with Crippen LogP contribution in [0.3, 0.4) is 0 Å². The second kappa shape index (κ2) is 8.28. The summed E-state index contributed by atoms with van der Waals surface area (Å²) in [4.78, 5) is 13.1. The fourth-order valence-electron chi connectivity index (χ4n) is 3.30. The van der Waals surface area contributed by atoms with Gasteiger partial charge in [0.05, 0.1) is 27.7 Å². The average molecular weight is 441 g/mol. The molecule has 0 atom stereocenters. The van der Waals surface area contributed by atoms with E-state index in [9.17, 15) is 13.2 Å². The van der Waals surface area contributed by atoms with E-state index in [-0.39, 0.29) is 10.8 Å². The Morgan fingerprint density at radius 2 is 1.65 bits per heavy atom. The Bertz CT molecular complexity index is 1220. The van der Waals surface area contributed by atoms with Crippen LogP contribution in [-0.4, -0.2) is 29.6 Å². The first-order valence-corrected chi connectivity index (χ1v) is 11.4. The number of benzene rings is 2. The van der Waals surface area contributed by atoms with Crippen molar-refractivity contribution in [1.29, 1.82) is 0 Å². The highest BCUT2D eigenvalue weighted by atomic mass is 32.2. The van der Waals surface area contributed by atoms with Gasteiger partial charge in [-0.25, -0.2) is 17.8 Å². The summed E-state index contributed by atoms with van der Waals surface area (Å²) in [5.74, 6) is -0.385. The number of carbonyl (C=O) groups excluding carboxylic acids is 1. The van der Waals surface area contributed by atoms with Gasteiger partial charge in [0.1, 0.15) is 0 Å². The first-order chi connectivity index (χ1) is 14.4. The molecule has 0 aliphatic heterocycles. The van der Waals surface area contributed by atoms with Gasteiger partial charge < -0.3 is 5.32 Å². The third kappa shape index (κ3) is 5.03. The van der Waals surface area contributed by atoms with Crippen LogP contribution in [0.25, 0.3) is 5.69 Å². The number of carbonyl (C=O) groups is 1. The minimum absolute atomic E-state index is 0.0478. The maximum atomic E-state index is 13.1. The van der Waals surface area contributed by atoms with Crippen LogP contribution in [0.5, 0.6) is 0 Å². The van der Waals surface area contributed by atoms with Gasteiger partial charge in [-0.2, -0.15) is 5.10 Å². The van der Waals surface area contributed by atoms with E-state index >= 15 is 0 Å². The highest BCUT2D eigenvalue weighted by Gasteiger charge is 2.24. The van der Waals surface area contributed by atoms with Crippen molar-refractivity contribution in [2.45, 2.75) is 52.0 Å². The second-order valence-electron chi connectivity index (χ2n) is 8.58. The van der Waals surface area contributed by atoms with E-state index < -0.39 is 15.6 Å². The highest BCUT2D eigenvalue weighted by molar-refractivity contribution is 7.89. The smallest absolute Gasteiger partial charge is 0.256 e. The average Bonchev–Trinajstić information content (AvgIpc) is 2.95. The van der Waals surface area contributed by atoms with Gasteiger partial charge in [-0.15, -0.1) is 0 Å². The number of nitrogens with one attached hydrogen (secondary N) is 2. The van der Waals surface area contributed by atoms with E-state index in [1.54, 1.807) is 38.4 Å². The Kier molecular flexibility index (Phi) is 6.07.